The van der Waals surface area contributed by atoms with Crippen LogP contribution in [-0.4, -0.2) is 271 Å². The van der Waals surface area contributed by atoms with Crippen LogP contribution in [0.25, 0.3) is 0 Å². The summed E-state index contributed by atoms with van der Waals surface area (Å²) >= 11 is 47.0. The normalized spacial score (nSPS) is 12.6. The second kappa shape index (κ2) is 64.2. The fourth-order valence-corrected chi connectivity index (χ4v) is 17.0. The van der Waals surface area contributed by atoms with Crippen molar-refractivity contribution >= 4 is 203 Å². The number of nitrogens with zero attached hydrogens (tertiary/aromatic N) is 9. The highest BCUT2D eigenvalue weighted by molar-refractivity contribution is 6.20. The number of Topliss-reactive ketones (excluding diaryl/α,β-unsaturated/α-hetero) is 1. The summed E-state index contributed by atoms with van der Waals surface area (Å²) in [5, 5.41) is 20.2. The largest absolute Gasteiger partial charge is 0.369 e. The fourth-order valence-electron chi connectivity index (χ4n) is 15.3. The number of piperidine rings is 2. The molecule has 2 aliphatic heterocycles. The zero-order chi connectivity index (χ0) is 96.8. The molecule has 0 spiro atoms. The van der Waals surface area contributed by atoms with Gasteiger partial charge >= 0.3 is 0 Å². The fraction of sp³-hybridized carbons (Fsp3) is 0.451. The molecule has 0 saturated carbocycles. The second-order valence-electron chi connectivity index (χ2n) is 33.3. The molecular weight excluding hydrogens is 1860 g/mol. The first-order chi connectivity index (χ1) is 64.8. The molecule has 0 aromatic heterocycles. The lowest BCUT2D eigenvalue weighted by Gasteiger charge is -2.40. The van der Waals surface area contributed by atoms with Gasteiger partial charge in [-0.3, -0.25) is 43.3 Å². The van der Waals surface area contributed by atoms with Crippen LogP contribution in [0.4, 0.5) is 62.6 Å². The van der Waals surface area contributed by atoms with Gasteiger partial charge in [-0.25, -0.2) is 0 Å². The molecule has 134 heavy (non-hydrogen) atoms. The molecule has 2 fully saturated rings. The molecule has 2 saturated heterocycles. The van der Waals surface area contributed by atoms with Gasteiger partial charge in [0.25, 0.3) is 0 Å². The minimum atomic E-state index is -0.106. The van der Waals surface area contributed by atoms with Crippen molar-refractivity contribution in [3.63, 3.8) is 0 Å². The molecule has 8 aromatic rings. The van der Waals surface area contributed by atoms with Gasteiger partial charge < -0.3 is 76.4 Å². The number of likely N-dealkylation sites (tertiary alicyclic amines) is 2. The highest BCUT2D eigenvalue weighted by Crippen LogP contribution is 2.27. The maximum Gasteiger partial charge on any atom is 0.238 e. The van der Waals surface area contributed by atoms with Gasteiger partial charge in [0.2, 0.25) is 41.4 Å². The maximum absolute atomic E-state index is 12.7. The van der Waals surface area contributed by atoms with E-state index in [1.165, 1.54) is 45.2 Å². The average Bonchev–Trinajstić information content (AvgIpc) is 0.875. The molecule has 32 heteroatoms. The number of nitrogens with one attached hydrogen (secondary N) is 7. The summed E-state index contributed by atoms with van der Waals surface area (Å²) in [5.41, 5.74) is 13.7. The first-order valence-electron chi connectivity index (χ1n) is 46.2. The van der Waals surface area contributed by atoms with Crippen LogP contribution in [0.1, 0.15) is 93.0 Å². The number of rotatable bonds is 51. The number of ketones is 1. The van der Waals surface area contributed by atoms with Crippen LogP contribution in [0.5, 0.6) is 0 Å². The van der Waals surface area contributed by atoms with Crippen LogP contribution in [0.2, 0.25) is 0 Å². The van der Waals surface area contributed by atoms with Crippen LogP contribution in [0.3, 0.4) is 0 Å². The predicted octanol–water partition coefficient (Wildman–Crippen LogP) is 18.1. The third-order valence-corrected chi connectivity index (χ3v) is 23.7. The summed E-state index contributed by atoms with van der Waals surface area (Å²) in [5.74, 6) is 3.92. The Kier molecular flexibility index (Phi) is 53.7. The molecule has 0 radical (unpaired) electrons. The number of likely N-dealkylation sites (N-methyl/N-ethyl adjacent to an activating group) is 2. The van der Waals surface area contributed by atoms with Crippen LogP contribution in [-0.2, 0) is 70.5 Å². The molecule has 2 aliphatic rings. The van der Waals surface area contributed by atoms with Gasteiger partial charge in [0.15, 0.2) is 0 Å². The van der Waals surface area contributed by atoms with Crippen molar-refractivity contribution in [3.8, 4) is 0 Å². The Morgan fingerprint density at radius 3 is 0.925 bits per heavy atom. The van der Waals surface area contributed by atoms with Crippen molar-refractivity contribution in [2.45, 2.75) is 103 Å². The third-order valence-electron chi connectivity index (χ3n) is 22.4. The molecular formula is C102H136Cl8N16O8. The number of anilines is 11. The Labute approximate surface area is 834 Å². The summed E-state index contributed by atoms with van der Waals surface area (Å²) in [4.78, 5) is 118. The Balaban J connectivity index is 0.000000246. The van der Waals surface area contributed by atoms with Crippen LogP contribution < -0.4 is 56.8 Å². The topological polar surface area (TPSA) is 250 Å². The van der Waals surface area contributed by atoms with Crippen molar-refractivity contribution in [1.29, 1.82) is 0 Å². The zero-order valence-corrected chi connectivity index (χ0v) is 84.5. The number of benzene rings is 8. The average molecular weight is 2000 g/mol. The first-order valence-corrected chi connectivity index (χ1v) is 50.4. The molecule has 10 rings (SSSR count). The molecule has 2 heterocycles. The minimum Gasteiger partial charge on any atom is -0.369 e. The number of halogens is 8. The Hall–Kier alpha value is -8.96. The van der Waals surface area contributed by atoms with Crippen molar-refractivity contribution < 1.29 is 38.4 Å². The van der Waals surface area contributed by atoms with Gasteiger partial charge in [0.05, 0.1) is 38.8 Å². The molecule has 0 atom stereocenters. The smallest absolute Gasteiger partial charge is 0.238 e. The van der Waals surface area contributed by atoms with Gasteiger partial charge in [-0.05, 0) is 267 Å². The quantitative estimate of drug-likeness (QED) is 0.0175. The summed E-state index contributed by atoms with van der Waals surface area (Å²) in [7, 11) is 7.52. The van der Waals surface area contributed by atoms with Crippen LogP contribution in [0.15, 0.2) is 194 Å². The van der Waals surface area contributed by atoms with Crippen molar-refractivity contribution in [1.82, 2.24) is 24.5 Å². The molecule has 0 unspecified atom stereocenters. The molecule has 8 aromatic carbocycles. The van der Waals surface area contributed by atoms with E-state index >= 15 is 0 Å². The van der Waals surface area contributed by atoms with E-state index in [9.17, 15) is 38.4 Å². The van der Waals surface area contributed by atoms with Crippen LogP contribution >= 0.6 is 92.8 Å². The number of hydrogen-bond acceptors (Lipinski definition) is 17. The summed E-state index contributed by atoms with van der Waals surface area (Å²) < 4.78 is 0. The summed E-state index contributed by atoms with van der Waals surface area (Å²) in [6.45, 7) is 18.7. The van der Waals surface area contributed by atoms with Crippen molar-refractivity contribution in [2.75, 3.05) is 250 Å². The Morgan fingerprint density at radius 1 is 0.313 bits per heavy atom. The molecule has 7 amide bonds. The van der Waals surface area contributed by atoms with Gasteiger partial charge in [-0.1, -0.05) is 80.9 Å². The van der Waals surface area contributed by atoms with E-state index in [0.717, 1.165) is 154 Å². The standard InChI is InChI=1S/C33H46Cl2N4O2.C24H32Cl2N4O2.C23H30Cl2N4O2.C22H28Cl2N4O2/c34-15-22-39(23-16-35)30-11-9-27(10-12-30)26-33(41)36-29-7-4-6-28(24-29)25-32(40)8-5-17-37-20-13-31(14-21-37)38-18-2-1-3-19-38;1-3-29(4-2)18-24(32)28-21-9-7-20(8-10-21)27-23(31)17-19-5-11-22(12-6-19)30(15-13-25)16-14-26;1-28(2)14-11-22(30)26-19-5-7-20(8-6-19)27-23(31)17-18-3-9-21(10-4-18)29(15-12-24)16-13-25;1-27(2)16-22(30)26-19-7-5-18(6-8-19)25-21(29)15-17-3-9-20(10-4-17)28(13-11-23)14-12-24/h4,6-7,9-12,24,31H,1-3,5,8,13-23,25-26H2,(H,36,41);5-12H,3-4,13-18H2,1-2H3,(H,27,31)(H,28,32);3-10H,11-17H2,1-2H3,(H,26,30)(H,27,31);3-10H,11-16H2,1-2H3,(H,25,29)(H,26,30). The molecule has 0 bridgehead atoms. The number of carbonyl (C=O) groups is 8. The third kappa shape index (κ3) is 44.0. The number of amides is 7. The summed E-state index contributed by atoms with van der Waals surface area (Å²) in [6, 6.07) is 61.2. The molecule has 24 nitrogen and oxygen atoms in total. The zero-order valence-electron chi connectivity index (χ0n) is 78.4. The lowest BCUT2D eigenvalue weighted by atomic mass is 9.99. The van der Waals surface area contributed by atoms with E-state index in [1.54, 1.807) is 77.7 Å². The van der Waals surface area contributed by atoms with E-state index < -0.39 is 0 Å². The molecule has 0 aliphatic carbocycles. The van der Waals surface area contributed by atoms with E-state index in [1.807, 2.05) is 173 Å². The van der Waals surface area contributed by atoms with E-state index in [2.05, 4.69) is 66.6 Å². The Morgan fingerprint density at radius 2 is 0.619 bits per heavy atom. The number of alkyl halides is 8. The van der Waals surface area contributed by atoms with Crippen molar-refractivity contribution in [2.24, 2.45) is 0 Å². The molecule has 728 valence electrons. The summed E-state index contributed by atoms with van der Waals surface area (Å²) in [6.07, 6.45) is 10.1. The SMILES string of the molecule is CCN(CC)CC(=O)Nc1ccc(NC(=O)Cc2ccc(N(CCCl)CCCl)cc2)cc1.CN(C)CC(=O)Nc1ccc(NC(=O)Cc2ccc(N(CCCl)CCCl)cc2)cc1.CN(C)CCC(=O)Nc1ccc(NC(=O)Cc2ccc(N(CCCl)CCCl)cc2)cc1.O=C(CCCN1CCC(N2CCCCC2)CC1)Cc1cccc(NC(=O)Cc2ccc(N(CCCl)CCCl)cc2)c1. The highest BCUT2D eigenvalue weighted by Gasteiger charge is 2.26. The minimum absolute atomic E-state index is 0.0374. The lowest BCUT2D eigenvalue weighted by Crippen LogP contribution is -2.46. The number of carbonyl (C=O) groups excluding carboxylic acids is 8. The van der Waals surface area contributed by atoms with E-state index in [4.69, 9.17) is 92.8 Å². The second-order valence-corrected chi connectivity index (χ2v) is 36.4. The van der Waals surface area contributed by atoms with Gasteiger partial charge in [0, 0.05) is 194 Å². The maximum atomic E-state index is 12.7. The predicted molar refractivity (Wildman–Crippen MR) is 564 cm³/mol. The van der Waals surface area contributed by atoms with Crippen molar-refractivity contribution in [3.05, 3.63) is 222 Å². The van der Waals surface area contributed by atoms with Gasteiger partial charge in [0.1, 0.15) is 5.78 Å². The van der Waals surface area contributed by atoms with E-state index in [0.29, 0.717) is 120 Å². The van der Waals surface area contributed by atoms with Gasteiger partial charge in [-0.2, -0.15) is 0 Å². The lowest BCUT2D eigenvalue weighted by molar-refractivity contribution is -0.119. The Bertz CT molecular complexity index is 4730. The molecule has 7 N–H and O–H groups in total. The van der Waals surface area contributed by atoms with E-state index in [-0.39, 0.29) is 72.8 Å². The van der Waals surface area contributed by atoms with Crippen LogP contribution in [0, 0.1) is 0 Å². The first kappa shape index (κ1) is 112. The number of hydrogen-bond donors (Lipinski definition) is 7. The monoisotopic (exact) mass is 1990 g/mol. The highest BCUT2D eigenvalue weighted by atomic mass is 35.5. The van der Waals surface area contributed by atoms with Gasteiger partial charge in [-0.15, -0.1) is 92.8 Å².